The molecule has 0 radical (unpaired) electrons. The minimum atomic E-state index is -0.776. The molecule has 1 amide bonds. The van der Waals surface area contributed by atoms with Crippen LogP contribution in [0.25, 0.3) is 11.1 Å². The number of benzene rings is 2. The number of nitrogens with one attached hydrogen (secondary N) is 2. The molecule has 1 aliphatic carbocycles. The van der Waals surface area contributed by atoms with Crippen LogP contribution in [-0.2, 0) is 4.79 Å². The molecule has 1 aliphatic heterocycles. The lowest BCUT2D eigenvalue weighted by atomic mass is 9.99. The number of anilines is 5. The van der Waals surface area contributed by atoms with Crippen molar-refractivity contribution in [3.63, 3.8) is 0 Å². The van der Waals surface area contributed by atoms with Gasteiger partial charge in [0.2, 0.25) is 5.91 Å². The Labute approximate surface area is 244 Å². The molecule has 41 heavy (non-hydrogen) atoms. The van der Waals surface area contributed by atoms with Gasteiger partial charge in [0.05, 0.1) is 11.3 Å². The molecule has 0 atom stereocenters. The third-order valence-electron chi connectivity index (χ3n) is 8.00. The quantitative estimate of drug-likeness (QED) is 0.226. The number of likely N-dealkylation sites (N-methyl/N-ethyl adjacent to an activating group) is 1. The van der Waals surface area contributed by atoms with E-state index in [1.54, 1.807) is 24.3 Å². The predicted octanol–water partition coefficient (Wildman–Crippen LogP) is 6.45. The van der Waals surface area contributed by atoms with Crippen LogP contribution in [0.1, 0.15) is 44.9 Å². The Hall–Kier alpha value is -3.50. The summed E-state index contributed by atoms with van der Waals surface area (Å²) in [5.74, 6) is -1.34. The Morgan fingerprint density at radius 3 is 2.46 bits per heavy atom. The zero-order valence-corrected chi connectivity index (χ0v) is 24.0. The summed E-state index contributed by atoms with van der Waals surface area (Å²) >= 11 is 6.09. The lowest BCUT2D eigenvalue weighted by Crippen LogP contribution is -2.29. The van der Waals surface area contributed by atoms with Gasteiger partial charge in [-0.25, -0.2) is 18.7 Å². The molecule has 1 saturated heterocycles. The van der Waals surface area contributed by atoms with Crippen molar-refractivity contribution in [1.29, 1.82) is 0 Å². The van der Waals surface area contributed by atoms with Crippen molar-refractivity contribution in [2.24, 2.45) is 5.92 Å². The zero-order valence-electron chi connectivity index (χ0n) is 23.2. The summed E-state index contributed by atoms with van der Waals surface area (Å²) in [4.78, 5) is 25.0. The van der Waals surface area contributed by atoms with Gasteiger partial charge in [0.15, 0.2) is 16.8 Å². The second-order valence-corrected chi connectivity index (χ2v) is 11.3. The molecule has 4 N–H and O–H groups in total. The Morgan fingerprint density at radius 2 is 1.73 bits per heavy atom. The molecule has 3 aromatic rings. The first-order valence-electron chi connectivity index (χ1n) is 14.2. The van der Waals surface area contributed by atoms with Crippen LogP contribution in [0.15, 0.2) is 36.7 Å². The molecule has 8 nitrogen and oxygen atoms in total. The van der Waals surface area contributed by atoms with Gasteiger partial charge in [0.1, 0.15) is 23.5 Å². The summed E-state index contributed by atoms with van der Waals surface area (Å²) in [6.07, 6.45) is 8.29. The molecule has 1 aromatic heterocycles. The van der Waals surface area contributed by atoms with E-state index in [0.717, 1.165) is 58.0 Å². The highest BCUT2D eigenvalue weighted by atomic mass is 35.5. The van der Waals surface area contributed by atoms with E-state index in [1.165, 1.54) is 12.4 Å². The van der Waals surface area contributed by atoms with Crippen LogP contribution in [0.5, 0.6) is 0 Å². The fourth-order valence-electron chi connectivity index (χ4n) is 5.63. The van der Waals surface area contributed by atoms with Gasteiger partial charge in [-0.3, -0.25) is 4.79 Å². The molecule has 0 spiro atoms. The molecule has 2 aromatic carbocycles. The number of hydrogen-bond acceptors (Lipinski definition) is 7. The summed E-state index contributed by atoms with van der Waals surface area (Å²) in [5, 5.41) is 5.99. The van der Waals surface area contributed by atoms with E-state index >= 15 is 8.78 Å². The number of nitrogens with two attached hydrogens (primary N) is 1. The number of hydrogen-bond donors (Lipinski definition) is 3. The number of aromatic nitrogens is 2. The van der Waals surface area contributed by atoms with E-state index < -0.39 is 11.6 Å². The van der Waals surface area contributed by atoms with Crippen molar-refractivity contribution in [2.45, 2.75) is 44.9 Å². The van der Waals surface area contributed by atoms with Gasteiger partial charge in [-0.1, -0.05) is 49.4 Å². The van der Waals surface area contributed by atoms with E-state index in [0.29, 0.717) is 30.0 Å². The molecule has 0 unspecified atom stereocenters. The molecule has 11 heteroatoms. The third kappa shape index (κ3) is 6.70. The van der Waals surface area contributed by atoms with Crippen molar-refractivity contribution >= 4 is 46.1 Å². The normalized spacial score (nSPS) is 17.1. The maximum atomic E-state index is 16.4. The summed E-state index contributed by atoms with van der Waals surface area (Å²) in [6, 6.07) is 7.94. The van der Waals surface area contributed by atoms with E-state index in [1.807, 2.05) is 11.9 Å². The van der Waals surface area contributed by atoms with Crippen LogP contribution in [0.2, 0.25) is 5.15 Å². The summed E-state index contributed by atoms with van der Waals surface area (Å²) in [7, 11) is 2.03. The van der Waals surface area contributed by atoms with Crippen molar-refractivity contribution < 1.29 is 13.6 Å². The van der Waals surface area contributed by atoms with E-state index in [4.69, 9.17) is 17.3 Å². The summed E-state index contributed by atoms with van der Waals surface area (Å²) in [5.41, 5.74) is 7.31. The molecular formula is C30H36ClF2N7O. The lowest BCUT2D eigenvalue weighted by Gasteiger charge is -2.27. The fourth-order valence-corrected chi connectivity index (χ4v) is 5.76. The van der Waals surface area contributed by atoms with Crippen LogP contribution >= 0.6 is 11.6 Å². The van der Waals surface area contributed by atoms with Crippen LogP contribution in [0, 0.1) is 17.6 Å². The number of halogens is 3. The Kier molecular flexibility index (Phi) is 9.19. The second-order valence-electron chi connectivity index (χ2n) is 10.9. The van der Waals surface area contributed by atoms with Crippen LogP contribution in [0.3, 0.4) is 0 Å². The highest BCUT2D eigenvalue weighted by Gasteiger charge is 2.26. The third-order valence-corrected chi connectivity index (χ3v) is 8.30. The monoisotopic (exact) mass is 583 g/mol. The molecule has 2 heterocycles. The Balaban J connectivity index is 1.48. The highest BCUT2D eigenvalue weighted by molar-refractivity contribution is 6.32. The second kappa shape index (κ2) is 13.0. The minimum Gasteiger partial charge on any atom is -0.393 e. The number of rotatable bonds is 6. The van der Waals surface area contributed by atoms with E-state index in [9.17, 15) is 4.79 Å². The van der Waals surface area contributed by atoms with Gasteiger partial charge in [-0.15, -0.1) is 0 Å². The maximum Gasteiger partial charge on any atom is 0.227 e. The van der Waals surface area contributed by atoms with Crippen molar-refractivity contribution in [1.82, 2.24) is 14.9 Å². The fraction of sp³-hybridized carbons (Fsp3) is 0.433. The van der Waals surface area contributed by atoms with Crippen LogP contribution in [-0.4, -0.2) is 54.0 Å². The van der Waals surface area contributed by atoms with E-state index in [-0.39, 0.29) is 39.7 Å². The van der Waals surface area contributed by atoms with Gasteiger partial charge in [0.25, 0.3) is 0 Å². The number of carbonyl (C=O) groups is 1. The first kappa shape index (κ1) is 29.0. The van der Waals surface area contributed by atoms with Crippen LogP contribution in [0.4, 0.5) is 37.3 Å². The van der Waals surface area contributed by atoms with Gasteiger partial charge in [0, 0.05) is 37.3 Å². The maximum absolute atomic E-state index is 16.4. The number of nitrogens with zero attached hydrogens (tertiary/aromatic N) is 4. The zero-order chi connectivity index (χ0) is 28.9. The summed E-state index contributed by atoms with van der Waals surface area (Å²) in [6.45, 7) is 2.87. The van der Waals surface area contributed by atoms with Crippen molar-refractivity contribution in [3.05, 3.63) is 53.4 Å². The minimum absolute atomic E-state index is 0.00274. The van der Waals surface area contributed by atoms with Gasteiger partial charge < -0.3 is 26.2 Å². The summed E-state index contributed by atoms with van der Waals surface area (Å²) < 4.78 is 32.1. The average molecular weight is 584 g/mol. The van der Waals surface area contributed by atoms with Crippen molar-refractivity contribution in [2.75, 3.05) is 54.5 Å². The van der Waals surface area contributed by atoms with Gasteiger partial charge in [-0.05, 0) is 50.6 Å². The lowest BCUT2D eigenvalue weighted by molar-refractivity contribution is -0.120. The highest BCUT2D eigenvalue weighted by Crippen LogP contribution is 2.41. The Morgan fingerprint density at radius 1 is 1.00 bits per heavy atom. The van der Waals surface area contributed by atoms with Crippen LogP contribution < -0.4 is 21.3 Å². The van der Waals surface area contributed by atoms with E-state index in [2.05, 4.69) is 25.5 Å². The molecule has 218 valence electrons. The van der Waals surface area contributed by atoms with Crippen molar-refractivity contribution in [3.8, 4) is 11.1 Å². The first-order valence-corrected chi connectivity index (χ1v) is 14.6. The smallest absolute Gasteiger partial charge is 0.227 e. The molecule has 1 saturated carbocycles. The Bertz CT molecular complexity index is 1380. The number of nitrogen functional groups attached to an aromatic ring is 1. The number of amides is 1. The SMILES string of the molecule is CN1CCCN(c2cc(F)c(-c3ccc(NC(=O)C4CCCCCC4)cc3)c(F)c2Nc2ncnc(Cl)c2N)CC1. The number of carbonyl (C=O) groups excluding carboxylic acids is 1. The molecular weight excluding hydrogens is 548 g/mol. The molecule has 2 fully saturated rings. The molecule has 0 bridgehead atoms. The van der Waals surface area contributed by atoms with Gasteiger partial charge in [-0.2, -0.15) is 0 Å². The largest absolute Gasteiger partial charge is 0.393 e. The average Bonchev–Trinajstić information content (AvgIpc) is 3.36. The first-order chi connectivity index (χ1) is 19.8. The standard InChI is InChI=1S/C30H36ClF2N7O/c1-39-13-6-14-40(16-15-39)23-17-22(32)24(25(33)27(23)38-29-26(34)28(31)35-18-36-29)19-9-11-21(12-10-19)37-30(41)20-7-4-2-3-5-8-20/h9-12,17-18,20H,2-8,13-16,34H2,1H3,(H,37,41)(H,35,36,38). The molecule has 5 rings (SSSR count). The molecule has 2 aliphatic rings. The topological polar surface area (TPSA) is 99.4 Å². The van der Waals surface area contributed by atoms with Gasteiger partial charge >= 0.3 is 0 Å². The predicted molar refractivity (Wildman–Crippen MR) is 161 cm³/mol.